The highest BCUT2D eigenvalue weighted by atomic mass is 16.6. The normalized spacial score (nSPS) is 30.4. The van der Waals surface area contributed by atoms with E-state index in [1.807, 2.05) is 57.2 Å². The number of fused-ring (bicyclic) bond motifs is 3. The SMILES string of the molecule is CC12CCC(C(=O)Oc3cccc4ccccc34)(OC1=O)C2(C)C. The van der Waals surface area contributed by atoms with Crippen LogP contribution in [0.25, 0.3) is 10.8 Å². The lowest BCUT2D eigenvalue weighted by atomic mass is 9.66. The molecular weight excluding hydrogens is 304 g/mol. The number of benzene rings is 2. The second-order valence-electron chi connectivity index (χ2n) is 7.54. The Morgan fingerprint density at radius 2 is 1.75 bits per heavy atom. The van der Waals surface area contributed by atoms with Crippen LogP contribution in [0.1, 0.15) is 33.6 Å². The lowest BCUT2D eigenvalue weighted by Gasteiger charge is -2.34. The zero-order chi connectivity index (χ0) is 17.2. The third-order valence-electron chi connectivity index (χ3n) is 6.37. The lowest BCUT2D eigenvalue weighted by molar-refractivity contribution is -0.176. The molecule has 0 spiro atoms. The smallest absolute Gasteiger partial charge is 0.356 e. The maximum Gasteiger partial charge on any atom is 0.356 e. The number of esters is 2. The fraction of sp³-hybridized carbons (Fsp3) is 0.400. The minimum atomic E-state index is -1.20. The van der Waals surface area contributed by atoms with Crippen LogP contribution < -0.4 is 4.74 Å². The number of hydrogen-bond donors (Lipinski definition) is 0. The van der Waals surface area contributed by atoms with E-state index in [0.717, 1.165) is 10.8 Å². The van der Waals surface area contributed by atoms with Crippen molar-refractivity contribution in [1.29, 1.82) is 0 Å². The molecule has 24 heavy (non-hydrogen) atoms. The van der Waals surface area contributed by atoms with Gasteiger partial charge in [0.25, 0.3) is 0 Å². The summed E-state index contributed by atoms with van der Waals surface area (Å²) in [5.41, 5.74) is -2.43. The Bertz CT molecular complexity index is 864. The molecule has 1 aliphatic carbocycles. The fourth-order valence-corrected chi connectivity index (χ4v) is 4.17. The second-order valence-corrected chi connectivity index (χ2v) is 7.54. The Kier molecular flexibility index (Phi) is 2.91. The van der Waals surface area contributed by atoms with Crippen LogP contribution in [0.4, 0.5) is 0 Å². The molecule has 0 N–H and O–H groups in total. The van der Waals surface area contributed by atoms with E-state index in [0.29, 0.717) is 18.6 Å². The molecule has 2 aromatic rings. The summed E-state index contributed by atoms with van der Waals surface area (Å²) in [5.74, 6) is -0.271. The topological polar surface area (TPSA) is 52.6 Å². The van der Waals surface area contributed by atoms with Crippen molar-refractivity contribution in [2.45, 2.75) is 39.2 Å². The molecule has 0 aromatic heterocycles. The number of rotatable bonds is 2. The van der Waals surface area contributed by atoms with Gasteiger partial charge in [-0.2, -0.15) is 0 Å². The Labute approximate surface area is 140 Å². The summed E-state index contributed by atoms with van der Waals surface area (Å²) in [4.78, 5) is 25.4. The number of carbonyl (C=O) groups is 2. The third kappa shape index (κ3) is 1.63. The highest BCUT2D eigenvalue weighted by Gasteiger charge is 2.76. The van der Waals surface area contributed by atoms with Gasteiger partial charge < -0.3 is 9.47 Å². The monoisotopic (exact) mass is 324 g/mol. The predicted molar refractivity (Wildman–Crippen MR) is 89.5 cm³/mol. The van der Waals surface area contributed by atoms with Crippen LogP contribution >= 0.6 is 0 Å². The van der Waals surface area contributed by atoms with Crippen molar-refractivity contribution in [3.05, 3.63) is 42.5 Å². The summed E-state index contributed by atoms with van der Waals surface area (Å²) in [5, 5.41) is 1.87. The Morgan fingerprint density at radius 1 is 1.04 bits per heavy atom. The van der Waals surface area contributed by atoms with Crippen LogP contribution in [-0.2, 0) is 14.3 Å². The first-order valence-electron chi connectivity index (χ1n) is 8.25. The van der Waals surface area contributed by atoms with Gasteiger partial charge in [-0.25, -0.2) is 4.79 Å². The van der Waals surface area contributed by atoms with Crippen molar-refractivity contribution in [1.82, 2.24) is 0 Å². The summed E-state index contributed by atoms with van der Waals surface area (Å²) >= 11 is 0. The Morgan fingerprint density at radius 3 is 2.42 bits per heavy atom. The van der Waals surface area contributed by atoms with Crippen molar-refractivity contribution >= 4 is 22.7 Å². The molecule has 4 rings (SSSR count). The first-order chi connectivity index (χ1) is 11.3. The zero-order valence-corrected chi connectivity index (χ0v) is 14.1. The molecule has 1 heterocycles. The summed E-state index contributed by atoms with van der Waals surface area (Å²) < 4.78 is 11.3. The molecule has 2 aromatic carbocycles. The van der Waals surface area contributed by atoms with Gasteiger partial charge in [-0.3, -0.25) is 4.79 Å². The highest BCUT2D eigenvalue weighted by molar-refractivity contribution is 5.96. The van der Waals surface area contributed by atoms with E-state index in [9.17, 15) is 9.59 Å². The Hall–Kier alpha value is -2.36. The van der Waals surface area contributed by atoms with E-state index in [1.165, 1.54) is 0 Å². The van der Waals surface area contributed by atoms with Gasteiger partial charge in [0.2, 0.25) is 5.60 Å². The van der Waals surface area contributed by atoms with Gasteiger partial charge in [0.1, 0.15) is 5.75 Å². The molecule has 1 aliphatic heterocycles. The third-order valence-corrected chi connectivity index (χ3v) is 6.37. The van der Waals surface area contributed by atoms with E-state index in [-0.39, 0.29) is 5.97 Å². The Balaban J connectivity index is 1.74. The average molecular weight is 324 g/mol. The summed E-state index contributed by atoms with van der Waals surface area (Å²) in [6.07, 6.45) is 1.15. The van der Waals surface area contributed by atoms with Crippen LogP contribution in [0, 0.1) is 10.8 Å². The van der Waals surface area contributed by atoms with Gasteiger partial charge in [-0.05, 0) is 31.2 Å². The molecule has 2 fully saturated rings. The maximum atomic E-state index is 13.0. The van der Waals surface area contributed by atoms with Gasteiger partial charge in [-0.15, -0.1) is 0 Å². The minimum absolute atomic E-state index is 0.298. The summed E-state index contributed by atoms with van der Waals surface area (Å²) in [6, 6.07) is 13.3. The molecule has 4 heteroatoms. The molecule has 0 radical (unpaired) electrons. The number of hydrogen-bond acceptors (Lipinski definition) is 4. The molecule has 1 saturated heterocycles. The molecular formula is C20H20O4. The van der Waals surface area contributed by atoms with E-state index < -0.39 is 22.4 Å². The minimum Gasteiger partial charge on any atom is -0.446 e. The first kappa shape index (κ1) is 15.2. The summed E-state index contributed by atoms with van der Waals surface area (Å²) in [6.45, 7) is 5.74. The van der Waals surface area contributed by atoms with Gasteiger partial charge in [0.15, 0.2) is 0 Å². The van der Waals surface area contributed by atoms with Crippen molar-refractivity contribution in [3.8, 4) is 5.75 Å². The quantitative estimate of drug-likeness (QED) is 0.621. The predicted octanol–water partition coefficient (Wildman–Crippen LogP) is 3.87. The van der Waals surface area contributed by atoms with Gasteiger partial charge >= 0.3 is 11.9 Å². The van der Waals surface area contributed by atoms with E-state index in [4.69, 9.17) is 9.47 Å². The molecule has 2 unspecified atom stereocenters. The van der Waals surface area contributed by atoms with Gasteiger partial charge in [-0.1, -0.05) is 50.2 Å². The molecule has 0 amide bonds. The molecule has 2 atom stereocenters. The van der Waals surface area contributed by atoms with E-state index in [1.54, 1.807) is 6.07 Å². The molecule has 4 nitrogen and oxygen atoms in total. The maximum absolute atomic E-state index is 13.0. The first-order valence-corrected chi connectivity index (χ1v) is 8.25. The van der Waals surface area contributed by atoms with Crippen LogP contribution in [0.5, 0.6) is 5.75 Å². The molecule has 1 saturated carbocycles. The van der Waals surface area contributed by atoms with Gasteiger partial charge in [0.05, 0.1) is 5.41 Å². The average Bonchev–Trinajstić information content (AvgIpc) is 2.85. The molecule has 2 bridgehead atoms. The zero-order valence-electron chi connectivity index (χ0n) is 14.1. The molecule has 124 valence electrons. The van der Waals surface area contributed by atoms with Crippen molar-refractivity contribution < 1.29 is 19.1 Å². The van der Waals surface area contributed by atoms with Crippen LogP contribution in [0.3, 0.4) is 0 Å². The lowest BCUT2D eigenvalue weighted by Crippen LogP contribution is -2.50. The van der Waals surface area contributed by atoms with Gasteiger partial charge in [0, 0.05) is 10.8 Å². The fourth-order valence-electron chi connectivity index (χ4n) is 4.17. The van der Waals surface area contributed by atoms with Crippen LogP contribution in [0.15, 0.2) is 42.5 Å². The highest BCUT2D eigenvalue weighted by Crippen LogP contribution is 2.65. The van der Waals surface area contributed by atoms with Crippen molar-refractivity contribution in [3.63, 3.8) is 0 Å². The molecule has 2 aliphatic rings. The van der Waals surface area contributed by atoms with Crippen LogP contribution in [0.2, 0.25) is 0 Å². The van der Waals surface area contributed by atoms with Crippen molar-refractivity contribution in [2.24, 2.45) is 10.8 Å². The second kappa shape index (κ2) is 4.59. The van der Waals surface area contributed by atoms with E-state index >= 15 is 0 Å². The van der Waals surface area contributed by atoms with Crippen molar-refractivity contribution in [2.75, 3.05) is 0 Å². The van der Waals surface area contributed by atoms with Crippen LogP contribution in [-0.4, -0.2) is 17.5 Å². The number of carbonyl (C=O) groups excluding carboxylic acids is 2. The standard InChI is InChI=1S/C20H20O4/c1-18(2)19(3)11-12-20(18,24-16(19)21)17(22)23-15-10-6-8-13-7-4-5-9-14(13)15/h4-10H,11-12H2,1-3H3. The van der Waals surface area contributed by atoms with E-state index in [2.05, 4.69) is 0 Å². The number of ether oxygens (including phenoxy) is 2. The summed E-state index contributed by atoms with van der Waals surface area (Å²) in [7, 11) is 0. The largest absolute Gasteiger partial charge is 0.446 e.